The van der Waals surface area contributed by atoms with E-state index < -0.39 is 24.0 Å². The molecule has 0 saturated heterocycles. The molecule has 0 radical (unpaired) electrons. The molecule has 2 unspecified atom stereocenters. The first-order chi connectivity index (χ1) is 11.3. The topological polar surface area (TPSA) is 119 Å². The summed E-state index contributed by atoms with van der Waals surface area (Å²) in [6, 6.07) is 5.17. The molecule has 0 fully saturated rings. The normalized spacial score (nSPS) is 13.0. The number of aryl methyl sites for hydroxylation is 1. The molecular formula is C15H20N2O5S2. The predicted molar refractivity (Wildman–Crippen MR) is 94.9 cm³/mol. The summed E-state index contributed by atoms with van der Waals surface area (Å²) in [4.78, 5) is 34.1. The molecule has 7 nitrogen and oxygen atoms in total. The lowest BCUT2D eigenvalue weighted by Crippen LogP contribution is -2.43. The van der Waals surface area contributed by atoms with Crippen LogP contribution in [0.4, 0.5) is 0 Å². The fourth-order valence-electron chi connectivity index (χ4n) is 1.52. The molecule has 0 aromatic heterocycles. The maximum absolute atomic E-state index is 12.2. The molecular weight excluding hydrogens is 352 g/mol. The van der Waals surface area contributed by atoms with Crippen molar-refractivity contribution in [2.24, 2.45) is 5.73 Å². The van der Waals surface area contributed by atoms with Gasteiger partial charge in [0, 0.05) is 18.4 Å². The summed E-state index contributed by atoms with van der Waals surface area (Å²) in [6.45, 7) is 3.23. The van der Waals surface area contributed by atoms with Crippen LogP contribution in [0.15, 0.2) is 24.3 Å². The molecule has 9 heteroatoms. The summed E-state index contributed by atoms with van der Waals surface area (Å²) < 4.78 is 5.25. The monoisotopic (exact) mass is 372 g/mol. The van der Waals surface area contributed by atoms with Crippen molar-refractivity contribution in [1.82, 2.24) is 5.32 Å². The van der Waals surface area contributed by atoms with Crippen LogP contribution in [0.3, 0.4) is 0 Å². The molecule has 2 atom stereocenters. The van der Waals surface area contributed by atoms with Gasteiger partial charge in [0.2, 0.25) is 5.91 Å². The average molecular weight is 372 g/mol. The van der Waals surface area contributed by atoms with Crippen LogP contribution >= 0.6 is 21.6 Å². The number of carbonyl (C=O) groups excluding carboxylic acids is 2. The molecule has 24 heavy (non-hydrogen) atoms. The molecule has 132 valence electrons. The van der Waals surface area contributed by atoms with E-state index in [-0.39, 0.29) is 17.4 Å². The lowest BCUT2D eigenvalue weighted by molar-refractivity contribution is -0.138. The summed E-state index contributed by atoms with van der Waals surface area (Å²) in [5.74, 6) is -1.19. The first-order valence-corrected chi connectivity index (χ1v) is 9.56. The van der Waals surface area contributed by atoms with Crippen LogP contribution in [-0.2, 0) is 14.4 Å². The highest BCUT2D eigenvalue weighted by Gasteiger charge is 2.22. The number of nitrogens with two attached hydrogens (primary N) is 1. The number of carboxylic acid groups (broad SMARTS) is 1. The third-order valence-electron chi connectivity index (χ3n) is 2.78. The Morgan fingerprint density at radius 1 is 1.21 bits per heavy atom. The fourth-order valence-corrected chi connectivity index (χ4v) is 3.78. The van der Waals surface area contributed by atoms with Crippen molar-refractivity contribution in [2.45, 2.75) is 25.9 Å². The van der Waals surface area contributed by atoms with Gasteiger partial charge in [-0.25, -0.2) is 4.79 Å². The molecule has 0 aliphatic rings. The van der Waals surface area contributed by atoms with Gasteiger partial charge in [-0.05, 0) is 19.1 Å². The van der Waals surface area contributed by atoms with Crippen LogP contribution < -0.4 is 15.8 Å². The van der Waals surface area contributed by atoms with Crippen molar-refractivity contribution >= 4 is 39.4 Å². The molecule has 0 aliphatic heterocycles. The number of hydrogen-bond acceptors (Lipinski definition) is 7. The number of aliphatic carboxylic acids is 1. The first-order valence-electron chi connectivity index (χ1n) is 7.08. The maximum Gasteiger partial charge on any atom is 0.334 e. The van der Waals surface area contributed by atoms with Crippen molar-refractivity contribution < 1.29 is 24.2 Å². The number of hydrogen-bond donors (Lipinski definition) is 3. The zero-order chi connectivity index (χ0) is 18.1. The van der Waals surface area contributed by atoms with Crippen LogP contribution in [0.1, 0.15) is 12.5 Å². The van der Waals surface area contributed by atoms with Crippen LogP contribution in [0.25, 0.3) is 0 Å². The summed E-state index contributed by atoms with van der Waals surface area (Å²) in [7, 11) is 2.47. The van der Waals surface area contributed by atoms with Gasteiger partial charge >= 0.3 is 11.9 Å². The molecule has 1 aromatic carbocycles. The van der Waals surface area contributed by atoms with Crippen molar-refractivity contribution in [3.8, 4) is 5.75 Å². The molecule has 1 amide bonds. The first kappa shape index (κ1) is 20.3. The Labute approximate surface area is 148 Å². The van der Waals surface area contributed by atoms with Gasteiger partial charge in [-0.15, -0.1) is 0 Å². The van der Waals surface area contributed by atoms with E-state index in [4.69, 9.17) is 15.6 Å². The van der Waals surface area contributed by atoms with Crippen LogP contribution in [0.5, 0.6) is 5.75 Å². The van der Waals surface area contributed by atoms with Crippen LogP contribution in [0, 0.1) is 6.92 Å². The van der Waals surface area contributed by atoms with Crippen molar-refractivity contribution in [2.75, 3.05) is 11.5 Å². The highest BCUT2D eigenvalue weighted by Crippen LogP contribution is 2.23. The van der Waals surface area contributed by atoms with Gasteiger partial charge in [-0.1, -0.05) is 39.3 Å². The molecule has 1 rings (SSSR count). The Morgan fingerprint density at radius 3 is 2.33 bits per heavy atom. The van der Waals surface area contributed by atoms with E-state index in [1.807, 2.05) is 19.1 Å². The van der Waals surface area contributed by atoms with Gasteiger partial charge in [0.05, 0.1) is 0 Å². The molecule has 0 bridgehead atoms. The number of benzene rings is 1. The summed E-state index contributed by atoms with van der Waals surface area (Å²) in [5.41, 5.74) is 6.43. The molecule has 0 spiro atoms. The minimum absolute atomic E-state index is 0.194. The summed E-state index contributed by atoms with van der Waals surface area (Å²) >= 11 is 0. The largest absolute Gasteiger partial charge is 0.480 e. The highest BCUT2D eigenvalue weighted by atomic mass is 33.1. The Bertz CT molecular complexity index is 580. The van der Waals surface area contributed by atoms with Gasteiger partial charge in [-0.3, -0.25) is 9.59 Å². The summed E-state index contributed by atoms with van der Waals surface area (Å²) in [6.07, 6.45) is 0. The average Bonchev–Trinajstić information content (AvgIpc) is 2.51. The van der Waals surface area contributed by atoms with Crippen molar-refractivity contribution in [1.29, 1.82) is 0 Å². The zero-order valence-electron chi connectivity index (χ0n) is 13.4. The SMILES string of the molecule is CC(=O)NC(CSSCC(N)C(=O)O)C(=O)Oc1ccc(C)cc1. The number of carbonyl (C=O) groups is 3. The smallest absolute Gasteiger partial charge is 0.334 e. The fraction of sp³-hybridized carbons (Fsp3) is 0.400. The Kier molecular flexibility index (Phi) is 8.66. The maximum atomic E-state index is 12.2. The lowest BCUT2D eigenvalue weighted by atomic mass is 10.2. The van der Waals surface area contributed by atoms with E-state index >= 15 is 0 Å². The van der Waals surface area contributed by atoms with Gasteiger partial charge in [0.15, 0.2) is 0 Å². The van der Waals surface area contributed by atoms with Gasteiger partial charge in [0.1, 0.15) is 17.8 Å². The van der Waals surface area contributed by atoms with Crippen molar-refractivity contribution in [3.05, 3.63) is 29.8 Å². The lowest BCUT2D eigenvalue weighted by Gasteiger charge is -2.16. The minimum atomic E-state index is -1.08. The van der Waals surface area contributed by atoms with Gasteiger partial charge < -0.3 is 20.9 Å². The number of rotatable bonds is 9. The van der Waals surface area contributed by atoms with E-state index in [0.29, 0.717) is 5.75 Å². The Hall–Kier alpha value is -1.71. The van der Waals surface area contributed by atoms with Crippen molar-refractivity contribution in [3.63, 3.8) is 0 Å². The van der Waals surface area contributed by atoms with E-state index in [1.165, 1.54) is 28.5 Å². The van der Waals surface area contributed by atoms with Gasteiger partial charge in [0.25, 0.3) is 0 Å². The van der Waals surface area contributed by atoms with E-state index in [0.717, 1.165) is 5.56 Å². The quantitative estimate of drug-likeness (QED) is 0.256. The summed E-state index contributed by atoms with van der Waals surface area (Å²) in [5, 5.41) is 11.2. The highest BCUT2D eigenvalue weighted by molar-refractivity contribution is 8.76. The third-order valence-corrected chi connectivity index (χ3v) is 5.23. The molecule has 0 heterocycles. The molecule has 1 aromatic rings. The van der Waals surface area contributed by atoms with Crippen LogP contribution in [0.2, 0.25) is 0 Å². The number of ether oxygens (including phenoxy) is 1. The van der Waals surface area contributed by atoms with E-state index in [9.17, 15) is 14.4 Å². The zero-order valence-corrected chi connectivity index (χ0v) is 15.0. The number of esters is 1. The molecule has 0 aliphatic carbocycles. The number of nitrogens with one attached hydrogen (secondary N) is 1. The van der Waals surface area contributed by atoms with E-state index in [2.05, 4.69) is 5.32 Å². The molecule has 0 saturated carbocycles. The third kappa shape index (κ3) is 7.71. The number of amides is 1. The van der Waals surface area contributed by atoms with Gasteiger partial charge in [-0.2, -0.15) is 0 Å². The van der Waals surface area contributed by atoms with Crippen LogP contribution in [-0.4, -0.2) is 46.5 Å². The second-order valence-electron chi connectivity index (χ2n) is 5.00. The number of carboxylic acids is 1. The second-order valence-corrected chi connectivity index (χ2v) is 7.55. The van der Waals surface area contributed by atoms with E-state index in [1.54, 1.807) is 12.1 Å². The molecule has 4 N–H and O–H groups in total. The Morgan fingerprint density at radius 2 is 1.79 bits per heavy atom. The minimum Gasteiger partial charge on any atom is -0.480 e. The second kappa shape index (κ2) is 10.2. The predicted octanol–water partition coefficient (Wildman–Crippen LogP) is 1.20. The standard InChI is InChI=1S/C15H20N2O5S2/c1-9-3-5-11(6-4-9)22-15(21)13(17-10(2)18)8-24-23-7-12(16)14(19)20/h3-6,12-13H,7-8,16H2,1-2H3,(H,17,18)(H,19,20). The Balaban J connectivity index is 2.54.